The maximum atomic E-state index is 12.7. The Bertz CT molecular complexity index is 1160. The zero-order valence-corrected chi connectivity index (χ0v) is 18.2. The number of amides is 2. The van der Waals surface area contributed by atoms with Crippen LogP contribution in [0.25, 0.3) is 10.9 Å². The summed E-state index contributed by atoms with van der Waals surface area (Å²) in [6, 6.07) is 8.82. The van der Waals surface area contributed by atoms with Crippen LogP contribution >= 0.6 is 0 Å². The van der Waals surface area contributed by atoms with Crippen LogP contribution in [0.4, 0.5) is 15.4 Å². The summed E-state index contributed by atoms with van der Waals surface area (Å²) < 4.78 is 6.93. The topological polar surface area (TPSA) is 113 Å². The van der Waals surface area contributed by atoms with Gasteiger partial charge in [0.25, 0.3) is 0 Å². The maximum Gasteiger partial charge on any atom is 0.416 e. The highest BCUT2D eigenvalue weighted by molar-refractivity contribution is 5.90. The van der Waals surface area contributed by atoms with Crippen LogP contribution in [0.15, 0.2) is 42.9 Å². The molecule has 10 heteroatoms. The SMILES string of the molecule is O=C(Nc1cc(Oc2ccc3ccn(C(=O)O)c3c2)ncn1)N1CCC(N2CCCC2)CC1. The monoisotopic (exact) mass is 450 g/mol. The number of anilines is 1. The predicted octanol–water partition coefficient (Wildman–Crippen LogP) is 3.84. The lowest BCUT2D eigenvalue weighted by Gasteiger charge is -2.36. The van der Waals surface area contributed by atoms with E-state index in [4.69, 9.17) is 4.74 Å². The number of nitrogens with zero attached hydrogens (tertiary/aromatic N) is 5. The number of urea groups is 1. The van der Waals surface area contributed by atoms with Gasteiger partial charge in [-0.05, 0) is 57.0 Å². The molecule has 0 saturated carbocycles. The lowest BCUT2D eigenvalue weighted by molar-refractivity contribution is 0.140. The summed E-state index contributed by atoms with van der Waals surface area (Å²) in [4.78, 5) is 36.7. The number of ether oxygens (including phenoxy) is 1. The van der Waals surface area contributed by atoms with E-state index < -0.39 is 6.09 Å². The zero-order chi connectivity index (χ0) is 22.8. The van der Waals surface area contributed by atoms with Crippen LogP contribution in [0.1, 0.15) is 25.7 Å². The molecule has 0 spiro atoms. The summed E-state index contributed by atoms with van der Waals surface area (Å²) in [6.07, 6.45) is 6.28. The van der Waals surface area contributed by atoms with E-state index in [1.165, 1.54) is 38.5 Å². The minimum Gasteiger partial charge on any atom is -0.464 e. The van der Waals surface area contributed by atoms with Gasteiger partial charge in [-0.3, -0.25) is 9.88 Å². The van der Waals surface area contributed by atoms with Gasteiger partial charge in [-0.1, -0.05) is 0 Å². The highest BCUT2D eigenvalue weighted by atomic mass is 16.5. The highest BCUT2D eigenvalue weighted by Crippen LogP contribution is 2.26. The average Bonchev–Trinajstić information content (AvgIpc) is 3.49. The lowest BCUT2D eigenvalue weighted by Crippen LogP contribution is -2.47. The third-order valence-corrected chi connectivity index (χ3v) is 6.38. The molecule has 10 nitrogen and oxygen atoms in total. The molecular formula is C23H26N6O4. The minimum absolute atomic E-state index is 0.180. The van der Waals surface area contributed by atoms with E-state index in [9.17, 15) is 14.7 Å². The van der Waals surface area contributed by atoms with Crippen molar-refractivity contribution in [3.63, 3.8) is 0 Å². The summed E-state index contributed by atoms with van der Waals surface area (Å²) in [5, 5.41) is 12.9. The summed E-state index contributed by atoms with van der Waals surface area (Å²) >= 11 is 0. The third-order valence-electron chi connectivity index (χ3n) is 6.38. The van der Waals surface area contributed by atoms with Crippen molar-refractivity contribution in [2.75, 3.05) is 31.5 Å². The minimum atomic E-state index is -1.07. The number of hydrogen-bond donors (Lipinski definition) is 2. The van der Waals surface area contributed by atoms with Crippen LogP contribution in [-0.2, 0) is 0 Å². The van der Waals surface area contributed by atoms with Gasteiger partial charge in [0.2, 0.25) is 5.88 Å². The molecule has 0 unspecified atom stereocenters. The van der Waals surface area contributed by atoms with Crippen LogP contribution in [0.2, 0.25) is 0 Å². The first-order valence-corrected chi connectivity index (χ1v) is 11.2. The number of carboxylic acid groups (broad SMARTS) is 1. The van der Waals surface area contributed by atoms with Gasteiger partial charge in [0, 0.05) is 42.8 Å². The molecule has 2 aliphatic heterocycles. The van der Waals surface area contributed by atoms with Crippen molar-refractivity contribution in [2.45, 2.75) is 31.7 Å². The highest BCUT2D eigenvalue weighted by Gasteiger charge is 2.28. The molecule has 2 N–H and O–H groups in total. The Balaban J connectivity index is 1.21. The molecule has 0 aliphatic carbocycles. The fraction of sp³-hybridized carbons (Fsp3) is 0.391. The van der Waals surface area contributed by atoms with E-state index in [1.54, 1.807) is 30.3 Å². The van der Waals surface area contributed by atoms with E-state index in [2.05, 4.69) is 20.2 Å². The summed E-state index contributed by atoms with van der Waals surface area (Å²) in [6.45, 7) is 3.81. The Labute approximate surface area is 190 Å². The first-order chi connectivity index (χ1) is 16.1. The smallest absolute Gasteiger partial charge is 0.416 e. The van der Waals surface area contributed by atoms with E-state index in [0.29, 0.717) is 23.1 Å². The van der Waals surface area contributed by atoms with Crippen LogP contribution in [0.3, 0.4) is 0 Å². The fourth-order valence-corrected chi connectivity index (χ4v) is 4.65. The number of rotatable bonds is 4. The van der Waals surface area contributed by atoms with Crippen LogP contribution < -0.4 is 10.1 Å². The molecule has 1 aromatic carbocycles. The van der Waals surface area contributed by atoms with Gasteiger partial charge in [-0.2, -0.15) is 0 Å². The molecule has 172 valence electrons. The zero-order valence-electron chi connectivity index (χ0n) is 18.2. The van der Waals surface area contributed by atoms with Crippen molar-refractivity contribution < 1.29 is 19.4 Å². The molecule has 2 fully saturated rings. The molecule has 0 atom stereocenters. The number of hydrogen-bond acceptors (Lipinski definition) is 6. The second kappa shape index (κ2) is 9.07. The molecule has 2 saturated heterocycles. The third kappa shape index (κ3) is 4.61. The Hall–Kier alpha value is -3.66. The number of carbonyl (C=O) groups is 2. The molecule has 0 radical (unpaired) electrons. The van der Waals surface area contributed by atoms with Gasteiger partial charge in [-0.25, -0.2) is 19.6 Å². The van der Waals surface area contributed by atoms with Gasteiger partial charge < -0.3 is 19.6 Å². The molecule has 2 aromatic heterocycles. The molecule has 33 heavy (non-hydrogen) atoms. The normalized spacial score (nSPS) is 17.4. The van der Waals surface area contributed by atoms with E-state index in [0.717, 1.165) is 35.9 Å². The second-order valence-electron chi connectivity index (χ2n) is 8.42. The Morgan fingerprint density at radius 3 is 2.58 bits per heavy atom. The summed E-state index contributed by atoms with van der Waals surface area (Å²) in [5.74, 6) is 1.03. The number of likely N-dealkylation sites (tertiary alicyclic amines) is 2. The molecule has 4 heterocycles. The fourth-order valence-electron chi connectivity index (χ4n) is 4.65. The van der Waals surface area contributed by atoms with Crippen LogP contribution in [-0.4, -0.2) is 73.8 Å². The van der Waals surface area contributed by atoms with Crippen molar-refractivity contribution in [1.82, 2.24) is 24.3 Å². The Morgan fingerprint density at radius 1 is 1.03 bits per heavy atom. The van der Waals surface area contributed by atoms with Crippen molar-refractivity contribution in [3.05, 3.63) is 42.9 Å². The Kier molecular flexibility index (Phi) is 5.82. The van der Waals surface area contributed by atoms with Gasteiger partial charge in [0.1, 0.15) is 17.9 Å². The van der Waals surface area contributed by atoms with Crippen molar-refractivity contribution >= 4 is 28.8 Å². The molecule has 0 bridgehead atoms. The van der Waals surface area contributed by atoms with E-state index >= 15 is 0 Å². The molecular weight excluding hydrogens is 424 g/mol. The summed E-state index contributed by atoms with van der Waals surface area (Å²) in [7, 11) is 0. The second-order valence-corrected chi connectivity index (χ2v) is 8.42. The number of piperidine rings is 1. The largest absolute Gasteiger partial charge is 0.464 e. The standard InChI is InChI=1S/C23H26N6O4/c30-22(28-10-6-17(7-11-28)27-8-1-2-9-27)26-20-14-21(25-15-24-20)33-18-4-3-16-5-12-29(23(31)32)19(16)13-18/h3-5,12-15,17H,1-2,6-11H2,(H,31,32)(H,24,25,26,30). The van der Waals surface area contributed by atoms with Gasteiger partial charge in [-0.15, -0.1) is 0 Å². The van der Waals surface area contributed by atoms with Crippen molar-refractivity contribution in [1.29, 1.82) is 0 Å². The first kappa shape index (κ1) is 21.2. The Morgan fingerprint density at radius 2 is 1.82 bits per heavy atom. The van der Waals surface area contributed by atoms with E-state index in [1.807, 2.05) is 4.90 Å². The lowest BCUT2D eigenvalue weighted by atomic mass is 10.0. The van der Waals surface area contributed by atoms with E-state index in [-0.39, 0.29) is 11.9 Å². The average molecular weight is 450 g/mol. The number of fused-ring (bicyclic) bond motifs is 1. The van der Waals surface area contributed by atoms with Crippen molar-refractivity contribution in [2.24, 2.45) is 0 Å². The molecule has 2 aliphatic rings. The van der Waals surface area contributed by atoms with Gasteiger partial charge >= 0.3 is 12.1 Å². The van der Waals surface area contributed by atoms with Gasteiger partial charge in [0.05, 0.1) is 5.52 Å². The van der Waals surface area contributed by atoms with Crippen LogP contribution in [0, 0.1) is 0 Å². The molecule has 5 rings (SSSR count). The predicted molar refractivity (Wildman–Crippen MR) is 122 cm³/mol. The molecule has 3 aromatic rings. The molecule has 2 amide bonds. The number of aromatic nitrogens is 3. The number of nitrogens with one attached hydrogen (secondary N) is 1. The maximum absolute atomic E-state index is 12.7. The quantitative estimate of drug-likeness (QED) is 0.621. The first-order valence-electron chi connectivity index (χ1n) is 11.2. The van der Waals surface area contributed by atoms with Crippen molar-refractivity contribution in [3.8, 4) is 11.6 Å². The summed E-state index contributed by atoms with van der Waals surface area (Å²) in [5.41, 5.74) is 0.514. The van der Waals surface area contributed by atoms with Crippen LogP contribution in [0.5, 0.6) is 11.6 Å². The number of benzene rings is 1. The van der Waals surface area contributed by atoms with Gasteiger partial charge in [0.15, 0.2) is 0 Å². The number of carbonyl (C=O) groups excluding carboxylic acids is 1.